The lowest BCUT2D eigenvalue weighted by atomic mass is 10.2. The molecule has 0 bridgehead atoms. The molecule has 2 rings (SSSR count). The van der Waals surface area contributed by atoms with Crippen LogP contribution in [0.4, 0.5) is 13.2 Å². The van der Waals surface area contributed by atoms with Crippen LogP contribution in [0.1, 0.15) is 11.3 Å². The number of pyridine rings is 1. The molecule has 1 heterocycles. The van der Waals surface area contributed by atoms with E-state index in [1.54, 1.807) is 12.3 Å². The maximum atomic E-state index is 12.0. The number of benzene rings is 1. The summed E-state index contributed by atoms with van der Waals surface area (Å²) in [5.74, 6) is 0.134. The van der Waals surface area contributed by atoms with E-state index < -0.39 is 6.36 Å². The zero-order valence-corrected chi connectivity index (χ0v) is 10.9. The molecule has 0 saturated carbocycles. The van der Waals surface area contributed by atoms with Crippen LogP contribution < -0.4 is 15.2 Å². The van der Waals surface area contributed by atoms with Gasteiger partial charge < -0.3 is 15.2 Å². The third-order valence-corrected chi connectivity index (χ3v) is 2.63. The van der Waals surface area contributed by atoms with Crippen molar-refractivity contribution >= 4 is 0 Å². The Bertz CT molecular complexity index is 586. The van der Waals surface area contributed by atoms with E-state index in [1.807, 2.05) is 6.07 Å². The van der Waals surface area contributed by atoms with Gasteiger partial charge in [-0.15, -0.1) is 13.2 Å². The number of hydrogen-bond acceptors (Lipinski definition) is 4. The zero-order chi connectivity index (χ0) is 15.3. The SMILES string of the molecule is NCc1ncccc1COc1ccc(OC(F)(F)F)cc1. The summed E-state index contributed by atoms with van der Waals surface area (Å²) in [6, 6.07) is 8.78. The van der Waals surface area contributed by atoms with E-state index in [2.05, 4.69) is 9.72 Å². The Morgan fingerprint density at radius 1 is 1.05 bits per heavy atom. The summed E-state index contributed by atoms with van der Waals surface area (Å²) in [7, 11) is 0. The fourth-order valence-corrected chi connectivity index (χ4v) is 1.69. The fourth-order valence-electron chi connectivity index (χ4n) is 1.69. The minimum absolute atomic E-state index is 0.236. The molecule has 0 saturated heterocycles. The molecule has 0 radical (unpaired) electrons. The van der Waals surface area contributed by atoms with Crippen molar-refractivity contribution < 1.29 is 22.6 Å². The van der Waals surface area contributed by atoms with Crippen LogP contribution in [0.2, 0.25) is 0 Å². The monoisotopic (exact) mass is 298 g/mol. The van der Waals surface area contributed by atoms with Crippen molar-refractivity contribution in [2.24, 2.45) is 5.73 Å². The van der Waals surface area contributed by atoms with Crippen molar-refractivity contribution in [2.45, 2.75) is 19.5 Å². The van der Waals surface area contributed by atoms with Crippen LogP contribution in [0, 0.1) is 0 Å². The van der Waals surface area contributed by atoms with Gasteiger partial charge in [-0.1, -0.05) is 6.07 Å². The highest BCUT2D eigenvalue weighted by atomic mass is 19.4. The second-order valence-corrected chi connectivity index (χ2v) is 4.12. The van der Waals surface area contributed by atoms with Crippen LogP contribution in [0.5, 0.6) is 11.5 Å². The fraction of sp³-hybridized carbons (Fsp3) is 0.214. The summed E-state index contributed by atoms with van der Waals surface area (Å²) < 4.78 is 45.3. The van der Waals surface area contributed by atoms with E-state index in [0.29, 0.717) is 5.75 Å². The third kappa shape index (κ3) is 4.64. The normalized spacial score (nSPS) is 11.2. The van der Waals surface area contributed by atoms with E-state index in [9.17, 15) is 13.2 Å². The maximum Gasteiger partial charge on any atom is 0.573 e. The molecule has 2 aromatic rings. The van der Waals surface area contributed by atoms with Gasteiger partial charge in [-0.05, 0) is 30.3 Å². The first kappa shape index (κ1) is 15.1. The summed E-state index contributed by atoms with van der Waals surface area (Å²) in [6.07, 6.45) is -3.07. The minimum Gasteiger partial charge on any atom is -0.489 e. The van der Waals surface area contributed by atoms with Gasteiger partial charge in [0.25, 0.3) is 0 Å². The van der Waals surface area contributed by atoms with Crippen molar-refractivity contribution in [1.82, 2.24) is 4.98 Å². The number of aromatic nitrogens is 1. The highest BCUT2D eigenvalue weighted by Gasteiger charge is 2.30. The molecule has 7 heteroatoms. The predicted octanol–water partition coefficient (Wildman–Crippen LogP) is 3.02. The summed E-state index contributed by atoms with van der Waals surface area (Å²) >= 11 is 0. The van der Waals surface area contributed by atoms with Gasteiger partial charge in [-0.2, -0.15) is 0 Å². The number of alkyl halides is 3. The molecule has 0 spiro atoms. The first-order valence-electron chi connectivity index (χ1n) is 6.09. The number of rotatable bonds is 5. The largest absolute Gasteiger partial charge is 0.573 e. The Morgan fingerprint density at radius 2 is 1.71 bits per heavy atom. The number of ether oxygens (including phenoxy) is 2. The molecule has 1 aromatic heterocycles. The molecule has 2 N–H and O–H groups in total. The van der Waals surface area contributed by atoms with Gasteiger partial charge in [0.2, 0.25) is 0 Å². The van der Waals surface area contributed by atoms with Crippen molar-refractivity contribution in [1.29, 1.82) is 0 Å². The molecule has 112 valence electrons. The van der Waals surface area contributed by atoms with E-state index in [1.165, 1.54) is 24.3 Å². The Kier molecular flexibility index (Phi) is 4.64. The van der Waals surface area contributed by atoms with Gasteiger partial charge in [0.15, 0.2) is 0 Å². The molecule has 0 unspecified atom stereocenters. The third-order valence-electron chi connectivity index (χ3n) is 2.63. The first-order chi connectivity index (χ1) is 9.98. The Hall–Kier alpha value is -2.28. The summed E-state index contributed by atoms with van der Waals surface area (Å²) in [5, 5.41) is 0. The molecule has 21 heavy (non-hydrogen) atoms. The van der Waals surface area contributed by atoms with E-state index in [0.717, 1.165) is 11.3 Å². The average Bonchev–Trinajstić information content (AvgIpc) is 2.45. The van der Waals surface area contributed by atoms with Gasteiger partial charge in [-0.3, -0.25) is 4.98 Å². The maximum absolute atomic E-state index is 12.0. The molecule has 0 aliphatic rings. The van der Waals surface area contributed by atoms with Crippen LogP contribution in [0.25, 0.3) is 0 Å². The molecular weight excluding hydrogens is 285 g/mol. The molecule has 0 atom stereocenters. The predicted molar refractivity (Wildman–Crippen MR) is 69.6 cm³/mol. The molecule has 0 aliphatic heterocycles. The highest BCUT2D eigenvalue weighted by molar-refractivity contribution is 5.31. The lowest BCUT2D eigenvalue weighted by molar-refractivity contribution is -0.274. The number of nitrogens with zero attached hydrogens (tertiary/aromatic N) is 1. The zero-order valence-electron chi connectivity index (χ0n) is 10.9. The van der Waals surface area contributed by atoms with Crippen molar-refractivity contribution in [2.75, 3.05) is 0 Å². The van der Waals surface area contributed by atoms with E-state index >= 15 is 0 Å². The number of nitrogens with two attached hydrogens (primary N) is 1. The van der Waals surface area contributed by atoms with Crippen LogP contribution in [0.3, 0.4) is 0 Å². The van der Waals surface area contributed by atoms with Crippen molar-refractivity contribution in [3.63, 3.8) is 0 Å². The van der Waals surface area contributed by atoms with Gasteiger partial charge in [0.1, 0.15) is 18.1 Å². The average molecular weight is 298 g/mol. The van der Waals surface area contributed by atoms with Crippen LogP contribution >= 0.6 is 0 Å². The molecule has 4 nitrogen and oxygen atoms in total. The van der Waals surface area contributed by atoms with E-state index in [-0.39, 0.29) is 18.9 Å². The van der Waals surface area contributed by atoms with Crippen molar-refractivity contribution in [3.8, 4) is 11.5 Å². The standard InChI is InChI=1S/C14H13F3N2O2/c15-14(16,17)21-12-5-3-11(4-6-12)20-9-10-2-1-7-19-13(10)8-18/h1-7H,8-9,18H2. The van der Waals surface area contributed by atoms with Crippen LogP contribution in [-0.2, 0) is 13.2 Å². The highest BCUT2D eigenvalue weighted by Crippen LogP contribution is 2.25. The van der Waals surface area contributed by atoms with E-state index in [4.69, 9.17) is 10.5 Å². The van der Waals surface area contributed by atoms with Crippen LogP contribution in [-0.4, -0.2) is 11.3 Å². The van der Waals surface area contributed by atoms with Crippen LogP contribution in [0.15, 0.2) is 42.6 Å². The van der Waals surface area contributed by atoms with Gasteiger partial charge >= 0.3 is 6.36 Å². The Morgan fingerprint density at radius 3 is 2.33 bits per heavy atom. The molecular formula is C14H13F3N2O2. The molecule has 0 aliphatic carbocycles. The quantitative estimate of drug-likeness (QED) is 0.922. The van der Waals surface area contributed by atoms with Gasteiger partial charge in [0, 0.05) is 18.3 Å². The number of halogens is 3. The lowest BCUT2D eigenvalue weighted by Crippen LogP contribution is -2.16. The van der Waals surface area contributed by atoms with Gasteiger partial charge in [0.05, 0.1) is 5.69 Å². The smallest absolute Gasteiger partial charge is 0.489 e. The summed E-state index contributed by atoms with van der Waals surface area (Å²) in [5.41, 5.74) is 7.10. The summed E-state index contributed by atoms with van der Waals surface area (Å²) in [4.78, 5) is 4.11. The molecule has 1 aromatic carbocycles. The van der Waals surface area contributed by atoms with Gasteiger partial charge in [-0.25, -0.2) is 0 Å². The minimum atomic E-state index is -4.70. The number of hydrogen-bond donors (Lipinski definition) is 1. The Balaban J connectivity index is 1.98. The second-order valence-electron chi connectivity index (χ2n) is 4.12. The first-order valence-corrected chi connectivity index (χ1v) is 6.09. The summed E-state index contributed by atoms with van der Waals surface area (Å²) in [6.45, 7) is 0.526. The lowest BCUT2D eigenvalue weighted by Gasteiger charge is -2.11. The Labute approximate surface area is 119 Å². The molecule has 0 amide bonds. The topological polar surface area (TPSA) is 57.4 Å². The molecule has 0 fully saturated rings. The van der Waals surface area contributed by atoms with Crippen molar-refractivity contribution in [3.05, 3.63) is 53.9 Å². The second kappa shape index (κ2) is 6.45.